The number of benzene rings is 1. The molecule has 16 heteroatoms. The lowest BCUT2D eigenvalue weighted by atomic mass is 9.94. The second-order valence-electron chi connectivity index (χ2n) is 11.0. The number of amides is 3. The van der Waals surface area contributed by atoms with Crippen LogP contribution in [0.1, 0.15) is 27.7 Å². The Balaban J connectivity index is 1.54. The van der Waals surface area contributed by atoms with Crippen molar-refractivity contribution in [3.63, 3.8) is 0 Å². The summed E-state index contributed by atoms with van der Waals surface area (Å²) in [4.78, 5) is 27.4. The van der Waals surface area contributed by atoms with Gasteiger partial charge in [0.15, 0.2) is 23.8 Å². The Hall–Kier alpha value is -2.66. The Morgan fingerprint density at radius 2 is 1.39 bits per heavy atom. The van der Waals surface area contributed by atoms with Gasteiger partial charge < -0.3 is 33.3 Å². The van der Waals surface area contributed by atoms with E-state index in [4.69, 9.17) is 28.4 Å². The number of carbonyl (C=O) groups is 2. The second kappa shape index (κ2) is 9.69. The number of imide groups is 1. The number of fused-ring (bicyclic) bond motifs is 3. The molecule has 5 rings (SSSR count). The maximum atomic E-state index is 14.0. The van der Waals surface area contributed by atoms with E-state index in [9.17, 15) is 35.9 Å². The highest BCUT2D eigenvalue weighted by molar-refractivity contribution is 6.21. The number of anilines is 1. The summed E-state index contributed by atoms with van der Waals surface area (Å²) in [5.74, 6) is -7.99. The topological polar surface area (TPSA) is 96.0 Å². The van der Waals surface area contributed by atoms with Gasteiger partial charge in [0.05, 0.1) is 19.3 Å². The first-order chi connectivity index (χ1) is 18.8. The van der Waals surface area contributed by atoms with Crippen molar-refractivity contribution in [2.24, 2.45) is 5.92 Å². The number of carbonyl (C=O) groups excluding carboxylic acids is 2. The predicted octanol–water partition coefficient (Wildman–Crippen LogP) is 3.97. The summed E-state index contributed by atoms with van der Waals surface area (Å²) >= 11 is 0. The van der Waals surface area contributed by atoms with Crippen molar-refractivity contribution in [2.45, 2.75) is 88.4 Å². The first-order valence-electron chi connectivity index (χ1n) is 12.6. The molecule has 0 aliphatic carbocycles. The molecule has 0 saturated carbocycles. The molecule has 10 nitrogen and oxygen atoms in total. The number of nitrogens with zero attached hydrogens (tertiary/aromatic N) is 2. The molecule has 4 heterocycles. The quantitative estimate of drug-likeness (QED) is 0.371. The van der Waals surface area contributed by atoms with Crippen molar-refractivity contribution in [3.8, 4) is 5.75 Å². The Kier molecular flexibility index (Phi) is 7.05. The van der Waals surface area contributed by atoms with Gasteiger partial charge in [-0.2, -0.15) is 26.3 Å². The number of hydrogen-bond acceptors (Lipinski definition) is 8. The molecule has 1 aromatic rings. The molecule has 228 valence electrons. The predicted molar refractivity (Wildman–Crippen MR) is 124 cm³/mol. The van der Waals surface area contributed by atoms with Gasteiger partial charge in [-0.1, -0.05) is 0 Å². The van der Waals surface area contributed by atoms with E-state index in [1.807, 2.05) is 0 Å². The minimum atomic E-state index is -5.92. The molecular weight excluding hydrogens is 570 g/mol. The van der Waals surface area contributed by atoms with Gasteiger partial charge in [0.2, 0.25) is 0 Å². The molecule has 4 fully saturated rings. The molecule has 0 N–H and O–H groups in total. The van der Waals surface area contributed by atoms with Crippen LogP contribution in [0.2, 0.25) is 0 Å². The third kappa shape index (κ3) is 5.35. The maximum Gasteiger partial charge on any atom is 0.403 e. The Morgan fingerprint density at radius 1 is 0.854 bits per heavy atom. The molecule has 0 bridgehead atoms. The SMILES string of the molecule is COc1ccc(N2C(=O)[C@@H](C(C(F)(F)F)C(F)(F)F)N(C[C@H]3O[C@@H]4OC(C)(C)O[C@@H]4[C@H]4OC(C)(C)O[C@H]43)C2=O)cc1. The van der Waals surface area contributed by atoms with Crippen LogP contribution in [0, 0.1) is 5.92 Å². The first-order valence-corrected chi connectivity index (χ1v) is 12.6. The van der Waals surface area contributed by atoms with E-state index in [-0.39, 0.29) is 21.2 Å². The number of hydrogen-bond donors (Lipinski definition) is 0. The third-order valence-electron chi connectivity index (χ3n) is 7.23. The first kappa shape index (κ1) is 29.8. The Bertz CT molecular complexity index is 1180. The van der Waals surface area contributed by atoms with Crippen LogP contribution in [0.4, 0.5) is 36.8 Å². The van der Waals surface area contributed by atoms with E-state index in [2.05, 4.69) is 0 Å². The van der Waals surface area contributed by atoms with Gasteiger partial charge in [0, 0.05) is 0 Å². The van der Waals surface area contributed by atoms with Gasteiger partial charge >= 0.3 is 18.4 Å². The summed E-state index contributed by atoms with van der Waals surface area (Å²) in [6.45, 7) is 5.41. The molecule has 1 aromatic carbocycles. The highest BCUT2D eigenvalue weighted by Crippen LogP contribution is 2.48. The monoisotopic (exact) mass is 598 g/mol. The minimum Gasteiger partial charge on any atom is -0.497 e. The third-order valence-corrected chi connectivity index (χ3v) is 7.23. The summed E-state index contributed by atoms with van der Waals surface area (Å²) in [7, 11) is 1.33. The minimum absolute atomic E-state index is 0.232. The second-order valence-corrected chi connectivity index (χ2v) is 11.0. The number of alkyl halides is 6. The van der Waals surface area contributed by atoms with E-state index in [1.54, 1.807) is 27.7 Å². The van der Waals surface area contributed by atoms with Crippen LogP contribution in [0.25, 0.3) is 0 Å². The largest absolute Gasteiger partial charge is 0.497 e. The maximum absolute atomic E-state index is 14.0. The Labute approximate surface area is 230 Å². The zero-order valence-corrected chi connectivity index (χ0v) is 22.5. The number of halogens is 6. The highest BCUT2D eigenvalue weighted by atomic mass is 19.4. The van der Waals surface area contributed by atoms with Crippen LogP contribution in [0.15, 0.2) is 24.3 Å². The van der Waals surface area contributed by atoms with Crippen molar-refractivity contribution in [3.05, 3.63) is 24.3 Å². The van der Waals surface area contributed by atoms with E-state index < -0.39 is 85.1 Å². The average molecular weight is 598 g/mol. The lowest BCUT2D eigenvalue weighted by Crippen LogP contribution is -2.60. The van der Waals surface area contributed by atoms with Crippen LogP contribution < -0.4 is 9.64 Å². The van der Waals surface area contributed by atoms with Crippen molar-refractivity contribution in [1.82, 2.24) is 4.90 Å². The standard InChI is InChI=1S/C25H28F6N2O8/c1-22(2)38-15-13(37-20-17(16(15)39-22)40-23(3,4)41-20)10-32-14(18(24(26,27)28)25(29,30)31)19(34)33(21(32)35)11-6-8-12(36-5)9-7-11/h6-9,13-18,20H,10H2,1-5H3/t13-,14-,15+,16+,17-,20-/m1/s1. The van der Waals surface area contributed by atoms with Crippen LogP contribution in [0.5, 0.6) is 5.75 Å². The van der Waals surface area contributed by atoms with Gasteiger partial charge in [-0.05, 0) is 52.0 Å². The lowest BCUT2D eigenvalue weighted by Gasteiger charge is -2.40. The smallest absolute Gasteiger partial charge is 0.403 e. The molecule has 4 aliphatic heterocycles. The summed E-state index contributed by atoms with van der Waals surface area (Å²) in [6.07, 6.45) is -17.2. The number of methoxy groups -OCH3 is 1. The summed E-state index contributed by atoms with van der Waals surface area (Å²) in [5.41, 5.74) is -0.241. The van der Waals surface area contributed by atoms with Crippen molar-refractivity contribution in [1.29, 1.82) is 0 Å². The molecule has 4 aliphatic rings. The van der Waals surface area contributed by atoms with Gasteiger partial charge in [-0.15, -0.1) is 0 Å². The molecule has 0 aromatic heterocycles. The zero-order chi connectivity index (χ0) is 30.3. The summed E-state index contributed by atoms with van der Waals surface area (Å²) in [6, 6.07) is 0.582. The van der Waals surface area contributed by atoms with Crippen LogP contribution in [0.3, 0.4) is 0 Å². The highest BCUT2D eigenvalue weighted by Gasteiger charge is 2.68. The lowest BCUT2D eigenvalue weighted by molar-refractivity contribution is -0.295. The molecule has 0 spiro atoms. The van der Waals surface area contributed by atoms with E-state index in [0.717, 1.165) is 0 Å². The van der Waals surface area contributed by atoms with E-state index in [0.29, 0.717) is 0 Å². The molecule has 6 atom stereocenters. The molecule has 4 saturated heterocycles. The number of urea groups is 1. The Morgan fingerprint density at radius 3 is 1.95 bits per heavy atom. The normalized spacial score (nSPS) is 33.0. The fourth-order valence-electron chi connectivity index (χ4n) is 5.67. The summed E-state index contributed by atoms with van der Waals surface area (Å²) in [5, 5.41) is 0. The van der Waals surface area contributed by atoms with Gasteiger partial charge in [-0.25, -0.2) is 9.69 Å². The van der Waals surface area contributed by atoms with Crippen LogP contribution >= 0.6 is 0 Å². The van der Waals surface area contributed by atoms with Gasteiger partial charge in [0.1, 0.15) is 36.2 Å². The van der Waals surface area contributed by atoms with Crippen LogP contribution in [-0.2, 0) is 28.5 Å². The summed E-state index contributed by atoms with van der Waals surface area (Å²) < 4.78 is 118. The fourth-order valence-corrected chi connectivity index (χ4v) is 5.67. The molecular formula is C25H28F6N2O8. The fraction of sp³-hybridized carbons (Fsp3) is 0.680. The van der Waals surface area contributed by atoms with E-state index >= 15 is 0 Å². The molecule has 0 radical (unpaired) electrons. The number of rotatable bonds is 5. The molecule has 0 unspecified atom stereocenters. The van der Waals surface area contributed by atoms with Gasteiger partial charge in [0.25, 0.3) is 5.91 Å². The van der Waals surface area contributed by atoms with Crippen molar-refractivity contribution < 1.29 is 64.4 Å². The zero-order valence-electron chi connectivity index (χ0n) is 22.5. The molecule has 3 amide bonds. The van der Waals surface area contributed by atoms with Crippen molar-refractivity contribution in [2.75, 3.05) is 18.6 Å². The molecule has 41 heavy (non-hydrogen) atoms. The van der Waals surface area contributed by atoms with Gasteiger partial charge in [-0.3, -0.25) is 4.79 Å². The average Bonchev–Trinajstić information content (AvgIpc) is 3.40. The number of ether oxygens (including phenoxy) is 6. The van der Waals surface area contributed by atoms with Crippen LogP contribution in [-0.4, -0.2) is 91.2 Å². The van der Waals surface area contributed by atoms with Crippen molar-refractivity contribution >= 4 is 17.6 Å². The van der Waals surface area contributed by atoms with E-state index in [1.165, 1.54) is 31.4 Å².